The summed E-state index contributed by atoms with van der Waals surface area (Å²) < 4.78 is 7.12. The summed E-state index contributed by atoms with van der Waals surface area (Å²) in [5, 5.41) is 8.24. The van der Waals surface area contributed by atoms with Crippen LogP contribution in [0.4, 0.5) is 0 Å². The molecule has 0 N–H and O–H groups in total. The van der Waals surface area contributed by atoms with Crippen LogP contribution in [0.3, 0.4) is 0 Å². The molecule has 1 atom stereocenters. The van der Waals surface area contributed by atoms with Crippen molar-refractivity contribution in [2.24, 2.45) is 0 Å². The molecule has 0 radical (unpaired) electrons. The van der Waals surface area contributed by atoms with Crippen molar-refractivity contribution in [2.75, 3.05) is 6.54 Å². The number of carbonyl (C=O) groups is 1. The summed E-state index contributed by atoms with van der Waals surface area (Å²) in [7, 11) is 0. The van der Waals surface area contributed by atoms with Crippen LogP contribution >= 0.6 is 0 Å². The summed E-state index contributed by atoms with van der Waals surface area (Å²) in [5.41, 5.74) is 1.27. The highest BCUT2D eigenvalue weighted by atomic mass is 16.5. The second kappa shape index (κ2) is 6.71. The van der Waals surface area contributed by atoms with Gasteiger partial charge in [0.25, 0.3) is 11.7 Å². The largest absolute Gasteiger partial charge is 0.337 e. The number of rotatable bonds is 4. The lowest BCUT2D eigenvalue weighted by atomic mass is 10.1. The number of fused-ring (bicyclic) bond motifs is 1. The minimum absolute atomic E-state index is 0.144. The average Bonchev–Trinajstić information content (AvgIpc) is 3.38. The van der Waals surface area contributed by atoms with Crippen LogP contribution in [0.15, 0.2) is 16.9 Å². The van der Waals surface area contributed by atoms with Gasteiger partial charge >= 0.3 is 0 Å². The molecule has 27 heavy (non-hydrogen) atoms. The lowest BCUT2D eigenvalue weighted by molar-refractivity contribution is 0.0704. The SMILES string of the molecule is CC(C)c1noc([C@@H]2CCCN2C(=O)c2cc(C(C)C)n3ncnc3n2)n1. The third kappa shape index (κ3) is 3.07. The van der Waals surface area contributed by atoms with Gasteiger partial charge in [0.05, 0.1) is 5.69 Å². The number of nitrogens with zero attached hydrogens (tertiary/aromatic N) is 7. The highest BCUT2D eigenvalue weighted by Crippen LogP contribution is 2.33. The van der Waals surface area contributed by atoms with Crippen LogP contribution in [0.2, 0.25) is 0 Å². The number of likely N-dealkylation sites (tertiary alicyclic amines) is 1. The molecule has 0 aliphatic carbocycles. The number of hydrogen-bond donors (Lipinski definition) is 0. The van der Waals surface area contributed by atoms with Crippen molar-refractivity contribution in [3.63, 3.8) is 0 Å². The molecular formula is C18H23N7O2. The summed E-state index contributed by atoms with van der Waals surface area (Å²) in [5.74, 6) is 1.81. The summed E-state index contributed by atoms with van der Waals surface area (Å²) in [6.07, 6.45) is 3.14. The Balaban J connectivity index is 1.68. The van der Waals surface area contributed by atoms with E-state index in [-0.39, 0.29) is 23.8 Å². The molecule has 4 heterocycles. The van der Waals surface area contributed by atoms with Crippen LogP contribution in [0, 0.1) is 0 Å². The molecule has 9 nitrogen and oxygen atoms in total. The topological polar surface area (TPSA) is 102 Å². The minimum atomic E-state index is -0.212. The summed E-state index contributed by atoms with van der Waals surface area (Å²) in [6.45, 7) is 8.76. The van der Waals surface area contributed by atoms with E-state index in [1.165, 1.54) is 6.33 Å². The fraction of sp³-hybridized carbons (Fsp3) is 0.556. The van der Waals surface area contributed by atoms with Gasteiger partial charge in [-0.25, -0.2) is 9.50 Å². The van der Waals surface area contributed by atoms with Gasteiger partial charge in [-0.1, -0.05) is 32.9 Å². The standard InChI is InChI=1S/C18H23N7O2/c1-10(2)14-8-12(21-18-19-9-20-25(14)18)17(26)24-7-5-6-13(24)16-22-15(11(3)4)23-27-16/h8-11,13H,5-7H2,1-4H3/t13-/m0/s1. The van der Waals surface area contributed by atoms with Crippen molar-refractivity contribution in [2.45, 2.75) is 58.4 Å². The highest BCUT2D eigenvalue weighted by Gasteiger charge is 2.35. The van der Waals surface area contributed by atoms with Gasteiger partial charge in [-0.2, -0.15) is 15.1 Å². The molecule has 1 amide bonds. The highest BCUT2D eigenvalue weighted by molar-refractivity contribution is 5.93. The fourth-order valence-electron chi connectivity index (χ4n) is 3.39. The Bertz CT molecular complexity index is 975. The number of hydrogen-bond acceptors (Lipinski definition) is 7. The van der Waals surface area contributed by atoms with E-state index in [2.05, 4.69) is 39.1 Å². The second-order valence-corrected chi connectivity index (χ2v) is 7.49. The van der Waals surface area contributed by atoms with Gasteiger partial charge in [0.15, 0.2) is 5.82 Å². The Labute approximate surface area is 156 Å². The van der Waals surface area contributed by atoms with Crippen molar-refractivity contribution in [1.82, 2.24) is 34.6 Å². The van der Waals surface area contributed by atoms with Crippen LogP contribution in [0.1, 0.15) is 86.3 Å². The Kier molecular flexibility index (Phi) is 4.37. The normalized spacial score (nSPS) is 17.6. The lowest BCUT2D eigenvalue weighted by Crippen LogP contribution is -2.31. The zero-order valence-corrected chi connectivity index (χ0v) is 16.0. The molecular weight excluding hydrogens is 346 g/mol. The predicted molar refractivity (Wildman–Crippen MR) is 96.3 cm³/mol. The Morgan fingerprint density at radius 3 is 2.74 bits per heavy atom. The number of amides is 1. The van der Waals surface area contributed by atoms with Gasteiger partial charge in [0.1, 0.15) is 18.1 Å². The zero-order chi connectivity index (χ0) is 19.1. The number of carbonyl (C=O) groups excluding carboxylic acids is 1. The van der Waals surface area contributed by atoms with Gasteiger partial charge in [-0.3, -0.25) is 4.79 Å². The quantitative estimate of drug-likeness (QED) is 0.696. The first-order valence-electron chi connectivity index (χ1n) is 9.31. The summed E-state index contributed by atoms with van der Waals surface area (Å²) >= 11 is 0. The smallest absolute Gasteiger partial charge is 0.273 e. The van der Waals surface area contributed by atoms with Crippen LogP contribution in [-0.2, 0) is 0 Å². The monoisotopic (exact) mass is 369 g/mol. The van der Waals surface area contributed by atoms with Crippen LogP contribution in [-0.4, -0.2) is 47.1 Å². The fourth-order valence-corrected chi connectivity index (χ4v) is 3.39. The Morgan fingerprint density at radius 1 is 1.22 bits per heavy atom. The molecule has 9 heteroatoms. The maximum atomic E-state index is 13.2. The first-order valence-corrected chi connectivity index (χ1v) is 9.31. The molecule has 1 aliphatic heterocycles. The van der Waals surface area contributed by atoms with Gasteiger partial charge in [-0.15, -0.1) is 0 Å². The molecule has 0 bridgehead atoms. The van der Waals surface area contributed by atoms with E-state index >= 15 is 0 Å². The second-order valence-electron chi connectivity index (χ2n) is 7.49. The van der Waals surface area contributed by atoms with E-state index in [9.17, 15) is 4.79 Å². The molecule has 1 fully saturated rings. The van der Waals surface area contributed by atoms with E-state index in [0.717, 1.165) is 18.5 Å². The molecule has 0 unspecified atom stereocenters. The van der Waals surface area contributed by atoms with Crippen LogP contribution < -0.4 is 0 Å². The van der Waals surface area contributed by atoms with Gasteiger partial charge < -0.3 is 9.42 Å². The van der Waals surface area contributed by atoms with E-state index in [0.29, 0.717) is 29.7 Å². The first kappa shape index (κ1) is 17.6. The molecule has 3 aromatic heterocycles. The van der Waals surface area contributed by atoms with Gasteiger partial charge in [0, 0.05) is 12.5 Å². The maximum Gasteiger partial charge on any atom is 0.273 e. The molecule has 0 spiro atoms. The predicted octanol–water partition coefficient (Wildman–Crippen LogP) is 2.73. The molecule has 1 aliphatic rings. The van der Waals surface area contributed by atoms with E-state index in [1.54, 1.807) is 15.5 Å². The Hall–Kier alpha value is -2.84. The molecule has 4 rings (SSSR count). The van der Waals surface area contributed by atoms with Gasteiger partial charge in [0.2, 0.25) is 5.89 Å². The van der Waals surface area contributed by atoms with Crippen molar-refractivity contribution in [1.29, 1.82) is 0 Å². The average molecular weight is 369 g/mol. The van der Waals surface area contributed by atoms with Gasteiger partial charge in [-0.05, 0) is 24.8 Å². The summed E-state index contributed by atoms with van der Waals surface area (Å²) in [4.78, 5) is 28.1. The third-order valence-corrected chi connectivity index (χ3v) is 4.86. The maximum absolute atomic E-state index is 13.2. The van der Waals surface area contributed by atoms with Crippen molar-refractivity contribution in [3.8, 4) is 0 Å². The van der Waals surface area contributed by atoms with Crippen molar-refractivity contribution < 1.29 is 9.32 Å². The van der Waals surface area contributed by atoms with Crippen LogP contribution in [0.5, 0.6) is 0 Å². The Morgan fingerprint density at radius 2 is 2.04 bits per heavy atom. The molecule has 3 aromatic rings. The lowest BCUT2D eigenvalue weighted by Gasteiger charge is -2.22. The van der Waals surface area contributed by atoms with Crippen molar-refractivity contribution >= 4 is 11.7 Å². The third-order valence-electron chi connectivity index (χ3n) is 4.86. The first-order chi connectivity index (χ1) is 13.0. The van der Waals surface area contributed by atoms with Crippen molar-refractivity contribution in [3.05, 3.63) is 35.5 Å². The molecule has 1 saturated heterocycles. The van der Waals surface area contributed by atoms with E-state index in [4.69, 9.17) is 4.52 Å². The van der Waals surface area contributed by atoms with E-state index in [1.807, 2.05) is 13.8 Å². The summed E-state index contributed by atoms with van der Waals surface area (Å²) in [6, 6.07) is 1.59. The van der Waals surface area contributed by atoms with E-state index < -0.39 is 0 Å². The number of aromatic nitrogens is 6. The molecule has 0 aromatic carbocycles. The molecule has 0 saturated carbocycles. The van der Waals surface area contributed by atoms with Crippen LogP contribution in [0.25, 0.3) is 5.78 Å². The minimum Gasteiger partial charge on any atom is -0.337 e. The zero-order valence-electron chi connectivity index (χ0n) is 16.0. The molecule has 142 valence electrons.